The van der Waals surface area contributed by atoms with E-state index in [2.05, 4.69) is 26.0 Å². The van der Waals surface area contributed by atoms with Crippen LogP contribution < -0.4 is 5.73 Å². The van der Waals surface area contributed by atoms with Crippen molar-refractivity contribution in [2.75, 3.05) is 0 Å². The van der Waals surface area contributed by atoms with E-state index in [1.54, 1.807) is 11.1 Å². The van der Waals surface area contributed by atoms with Gasteiger partial charge in [-0.25, -0.2) is 0 Å². The second-order valence-electron chi connectivity index (χ2n) is 8.30. The highest BCUT2D eigenvalue weighted by Gasteiger charge is 2.55. The normalized spacial score (nSPS) is 48.9. The maximum absolute atomic E-state index is 12.4. The number of rotatable bonds is 0. The Morgan fingerprint density at radius 1 is 1.05 bits per heavy atom. The third-order valence-corrected chi connectivity index (χ3v) is 7.32. The Morgan fingerprint density at radius 2 is 1.76 bits per heavy atom. The monoisotopic (exact) mass is 285 g/mol. The van der Waals surface area contributed by atoms with Gasteiger partial charge in [-0.05, 0) is 55.8 Å². The second-order valence-corrected chi connectivity index (χ2v) is 8.30. The molecule has 2 heteroatoms. The molecule has 4 aliphatic carbocycles. The summed E-state index contributed by atoms with van der Waals surface area (Å²) in [7, 11) is 0. The van der Waals surface area contributed by atoms with E-state index in [-0.39, 0.29) is 5.41 Å². The van der Waals surface area contributed by atoms with E-state index < -0.39 is 0 Å². The smallest absolute Gasteiger partial charge is 0.139 e. The third kappa shape index (κ3) is 1.72. The van der Waals surface area contributed by atoms with Crippen LogP contribution in [0.4, 0.5) is 0 Å². The lowest BCUT2D eigenvalue weighted by Gasteiger charge is -2.53. The largest absolute Gasteiger partial charge is 0.327 e. The lowest BCUT2D eigenvalue weighted by molar-refractivity contribution is -0.127. The van der Waals surface area contributed by atoms with Gasteiger partial charge in [0.15, 0.2) is 0 Å². The van der Waals surface area contributed by atoms with Crippen molar-refractivity contribution in [1.29, 1.82) is 0 Å². The highest BCUT2D eigenvalue weighted by Crippen LogP contribution is 2.62. The Bertz CT molecular complexity index is 560. The van der Waals surface area contributed by atoms with Crippen LogP contribution in [-0.4, -0.2) is 11.8 Å². The zero-order valence-corrected chi connectivity index (χ0v) is 13.3. The van der Waals surface area contributed by atoms with Crippen LogP contribution >= 0.6 is 0 Å². The number of Topliss-reactive ketones (excluding diaryl/α,β-unsaturated/α-hetero) is 1. The van der Waals surface area contributed by atoms with E-state index in [1.807, 2.05) is 0 Å². The van der Waals surface area contributed by atoms with E-state index in [4.69, 9.17) is 5.73 Å². The zero-order valence-electron chi connectivity index (χ0n) is 13.3. The topological polar surface area (TPSA) is 43.1 Å². The summed E-state index contributed by atoms with van der Waals surface area (Å²) >= 11 is 0. The van der Waals surface area contributed by atoms with Gasteiger partial charge >= 0.3 is 0 Å². The summed E-state index contributed by atoms with van der Waals surface area (Å²) in [6, 6.07) is 0.348. The molecule has 0 radical (unpaired) electrons. The molecule has 0 heterocycles. The Kier molecular flexibility index (Phi) is 2.83. The number of fused-ring (bicyclic) bond motifs is 5. The number of hydrogen-bond donors (Lipinski definition) is 1. The van der Waals surface area contributed by atoms with Crippen molar-refractivity contribution in [1.82, 2.24) is 0 Å². The van der Waals surface area contributed by atoms with E-state index in [1.165, 1.54) is 12.8 Å². The highest BCUT2D eigenvalue weighted by atomic mass is 16.1. The van der Waals surface area contributed by atoms with Gasteiger partial charge < -0.3 is 5.73 Å². The molecule has 0 amide bonds. The minimum atomic E-state index is -0.0604. The minimum absolute atomic E-state index is 0.0604. The van der Waals surface area contributed by atoms with Gasteiger partial charge in [-0.15, -0.1) is 0 Å². The Balaban J connectivity index is 1.75. The maximum atomic E-state index is 12.4. The molecule has 0 aromatic carbocycles. The number of hydrogen-bond acceptors (Lipinski definition) is 2. The molecule has 1 unspecified atom stereocenters. The standard InChI is InChI=1S/C19H27NO/c1-18-9-7-13(20)11-12(18)3-4-14-15-5-6-17(21)19(15,2)10-8-16(14)18/h3-4,13,15-16H,5-11,20H2,1-2H3/t13?,15-,16+,18-,19-/m0/s1. The van der Waals surface area contributed by atoms with Crippen molar-refractivity contribution in [3.8, 4) is 0 Å². The summed E-state index contributed by atoms with van der Waals surface area (Å²) in [4.78, 5) is 12.4. The summed E-state index contributed by atoms with van der Waals surface area (Å²) < 4.78 is 0. The first-order valence-electron chi connectivity index (χ1n) is 8.65. The second kappa shape index (κ2) is 4.32. The molecule has 0 aromatic rings. The van der Waals surface area contributed by atoms with Crippen LogP contribution in [0.3, 0.4) is 0 Å². The lowest BCUT2D eigenvalue weighted by atomic mass is 9.51. The molecule has 3 fully saturated rings. The summed E-state index contributed by atoms with van der Waals surface area (Å²) in [6.07, 6.45) is 12.3. The maximum Gasteiger partial charge on any atom is 0.139 e. The van der Waals surface area contributed by atoms with Crippen LogP contribution in [0.5, 0.6) is 0 Å². The fourth-order valence-corrected chi connectivity index (χ4v) is 5.81. The van der Waals surface area contributed by atoms with E-state index >= 15 is 0 Å². The van der Waals surface area contributed by atoms with E-state index in [9.17, 15) is 4.79 Å². The molecule has 0 aliphatic heterocycles. The van der Waals surface area contributed by atoms with Crippen LogP contribution in [-0.2, 0) is 4.79 Å². The summed E-state index contributed by atoms with van der Waals surface area (Å²) in [6.45, 7) is 4.68. The average molecular weight is 285 g/mol. The quantitative estimate of drug-likeness (QED) is 0.736. The molecule has 0 spiro atoms. The van der Waals surface area contributed by atoms with Gasteiger partial charge in [0.1, 0.15) is 5.78 Å². The van der Waals surface area contributed by atoms with Crippen molar-refractivity contribution in [3.63, 3.8) is 0 Å². The van der Waals surface area contributed by atoms with Crippen LogP contribution in [0.25, 0.3) is 0 Å². The molecule has 2 N–H and O–H groups in total. The van der Waals surface area contributed by atoms with Crippen molar-refractivity contribution < 1.29 is 4.79 Å². The molecular weight excluding hydrogens is 258 g/mol. The van der Waals surface area contributed by atoms with Gasteiger partial charge in [-0.3, -0.25) is 4.79 Å². The van der Waals surface area contributed by atoms with Gasteiger partial charge in [0.05, 0.1) is 0 Å². The van der Waals surface area contributed by atoms with Gasteiger partial charge in [-0.1, -0.05) is 37.1 Å². The van der Waals surface area contributed by atoms with Crippen molar-refractivity contribution in [2.45, 2.75) is 64.8 Å². The molecule has 0 aromatic heterocycles. The summed E-state index contributed by atoms with van der Waals surface area (Å²) in [5.74, 6) is 1.68. The number of ketones is 1. The van der Waals surface area contributed by atoms with E-state index in [0.29, 0.717) is 29.1 Å². The first-order valence-corrected chi connectivity index (χ1v) is 8.65. The van der Waals surface area contributed by atoms with Gasteiger partial charge in [0.25, 0.3) is 0 Å². The fraction of sp³-hybridized carbons (Fsp3) is 0.737. The van der Waals surface area contributed by atoms with Gasteiger partial charge in [0.2, 0.25) is 0 Å². The van der Waals surface area contributed by atoms with Crippen LogP contribution in [0.2, 0.25) is 0 Å². The minimum Gasteiger partial charge on any atom is -0.327 e. The Morgan fingerprint density at radius 3 is 2.57 bits per heavy atom. The zero-order chi connectivity index (χ0) is 14.8. The van der Waals surface area contributed by atoms with Gasteiger partial charge in [0, 0.05) is 17.9 Å². The first kappa shape index (κ1) is 13.8. The third-order valence-electron chi connectivity index (χ3n) is 7.32. The molecular formula is C19H27NO. The molecule has 2 nitrogen and oxygen atoms in total. The predicted molar refractivity (Wildman–Crippen MR) is 84.7 cm³/mol. The van der Waals surface area contributed by atoms with Crippen molar-refractivity contribution >= 4 is 5.78 Å². The SMILES string of the molecule is C[C@]12CCC(N)CC1=CC=C1[C@H]2CC[C@]2(C)C(=O)CC[C@@H]12. The number of allylic oxidation sites excluding steroid dienone is 3. The number of carbonyl (C=O) groups is 1. The molecule has 3 saturated carbocycles. The predicted octanol–water partition coefficient (Wildman–Crippen LogP) is 3.77. The lowest BCUT2D eigenvalue weighted by Crippen LogP contribution is -2.46. The molecule has 4 aliphatic rings. The molecule has 114 valence electrons. The number of nitrogens with two attached hydrogens (primary N) is 1. The Hall–Kier alpha value is -0.890. The molecule has 21 heavy (non-hydrogen) atoms. The van der Waals surface area contributed by atoms with Crippen molar-refractivity contribution in [2.24, 2.45) is 28.4 Å². The summed E-state index contributed by atoms with van der Waals surface area (Å²) in [5.41, 5.74) is 9.61. The highest BCUT2D eigenvalue weighted by molar-refractivity contribution is 5.88. The van der Waals surface area contributed by atoms with Gasteiger partial charge in [-0.2, -0.15) is 0 Å². The van der Waals surface area contributed by atoms with E-state index in [0.717, 1.165) is 32.1 Å². The van der Waals surface area contributed by atoms with Crippen LogP contribution in [0, 0.1) is 22.7 Å². The number of carbonyl (C=O) groups excluding carboxylic acids is 1. The molecule has 5 atom stereocenters. The molecule has 0 bridgehead atoms. The molecule has 0 saturated heterocycles. The van der Waals surface area contributed by atoms with Crippen LogP contribution in [0.1, 0.15) is 58.8 Å². The fourth-order valence-electron chi connectivity index (χ4n) is 5.81. The van der Waals surface area contributed by atoms with Crippen LogP contribution in [0.15, 0.2) is 23.3 Å². The van der Waals surface area contributed by atoms with Crippen molar-refractivity contribution in [3.05, 3.63) is 23.3 Å². The first-order chi connectivity index (χ1) is 9.95. The average Bonchev–Trinajstić information content (AvgIpc) is 2.76. The molecule has 4 rings (SSSR count). The summed E-state index contributed by atoms with van der Waals surface area (Å²) in [5, 5.41) is 0. The Labute approximate surface area is 127 Å².